The second-order valence-electron chi connectivity index (χ2n) is 4.21. The third kappa shape index (κ3) is 3.18. The topological polar surface area (TPSA) is 70.3 Å². The molecule has 0 saturated carbocycles. The number of nitrogens with one attached hydrogen (secondary N) is 1. The number of nitrogens with zero attached hydrogens (tertiary/aromatic N) is 3. The highest BCUT2D eigenvalue weighted by Crippen LogP contribution is 1.97. The molecule has 18 heavy (non-hydrogen) atoms. The fourth-order valence-electron chi connectivity index (χ4n) is 1.94. The zero-order valence-electron chi connectivity index (χ0n) is 10.7. The van der Waals surface area contributed by atoms with E-state index in [0.29, 0.717) is 39.5 Å². The van der Waals surface area contributed by atoms with Gasteiger partial charge in [0.15, 0.2) is 0 Å². The smallest absolute Gasteiger partial charge is 0.346 e. The molecule has 0 aromatic carbocycles. The first-order valence-corrected chi connectivity index (χ1v) is 6.27. The quantitative estimate of drug-likeness (QED) is 0.647. The summed E-state index contributed by atoms with van der Waals surface area (Å²) in [5.74, 6) is 0.811. The zero-order valence-corrected chi connectivity index (χ0v) is 10.7. The second kappa shape index (κ2) is 6.67. The Morgan fingerprint density at radius 1 is 1.39 bits per heavy atom. The van der Waals surface area contributed by atoms with E-state index in [2.05, 4.69) is 10.4 Å². The molecule has 7 nitrogen and oxygen atoms in total. The molecule has 0 fully saturated rings. The van der Waals surface area contributed by atoms with Gasteiger partial charge < -0.3 is 14.8 Å². The van der Waals surface area contributed by atoms with Crippen LogP contribution in [0, 0.1) is 0 Å². The molecule has 1 aliphatic rings. The fraction of sp³-hybridized carbons (Fsp3) is 0.818. The van der Waals surface area contributed by atoms with Crippen molar-refractivity contribution in [3.63, 3.8) is 0 Å². The Balaban J connectivity index is 1.79. The SMILES string of the molecule is COCCCOCCn1nc2n(c1=O)CCNC2. The van der Waals surface area contributed by atoms with Crippen LogP contribution in [0.4, 0.5) is 0 Å². The van der Waals surface area contributed by atoms with E-state index in [9.17, 15) is 4.79 Å². The monoisotopic (exact) mass is 256 g/mol. The van der Waals surface area contributed by atoms with E-state index in [0.717, 1.165) is 18.8 Å². The lowest BCUT2D eigenvalue weighted by molar-refractivity contribution is 0.0955. The van der Waals surface area contributed by atoms with E-state index < -0.39 is 0 Å². The summed E-state index contributed by atoms with van der Waals surface area (Å²) < 4.78 is 13.6. The normalized spacial score (nSPS) is 14.7. The molecule has 1 aromatic rings. The van der Waals surface area contributed by atoms with Crippen molar-refractivity contribution in [3.05, 3.63) is 16.3 Å². The molecule has 0 radical (unpaired) electrons. The summed E-state index contributed by atoms with van der Waals surface area (Å²) in [6.45, 7) is 4.55. The minimum absolute atomic E-state index is 0.0352. The van der Waals surface area contributed by atoms with Crippen LogP contribution in [0.2, 0.25) is 0 Å². The van der Waals surface area contributed by atoms with Gasteiger partial charge in [-0.3, -0.25) is 4.57 Å². The van der Waals surface area contributed by atoms with Crippen LogP contribution in [0.15, 0.2) is 4.79 Å². The molecule has 1 aromatic heterocycles. The minimum Gasteiger partial charge on any atom is -0.385 e. The lowest BCUT2D eigenvalue weighted by Gasteiger charge is -2.11. The van der Waals surface area contributed by atoms with Crippen molar-refractivity contribution in [2.24, 2.45) is 0 Å². The molecule has 7 heteroatoms. The van der Waals surface area contributed by atoms with E-state index in [1.54, 1.807) is 11.7 Å². The largest absolute Gasteiger partial charge is 0.385 e. The summed E-state index contributed by atoms with van der Waals surface area (Å²) in [5, 5.41) is 7.48. The van der Waals surface area contributed by atoms with Gasteiger partial charge in [-0.15, -0.1) is 0 Å². The molecular formula is C11H20N4O3. The van der Waals surface area contributed by atoms with Crippen molar-refractivity contribution in [1.29, 1.82) is 0 Å². The van der Waals surface area contributed by atoms with E-state index in [4.69, 9.17) is 9.47 Å². The van der Waals surface area contributed by atoms with Crippen molar-refractivity contribution in [3.8, 4) is 0 Å². The number of rotatable bonds is 7. The van der Waals surface area contributed by atoms with Crippen molar-refractivity contribution >= 4 is 0 Å². The van der Waals surface area contributed by atoms with Crippen molar-refractivity contribution in [2.75, 3.05) is 33.5 Å². The van der Waals surface area contributed by atoms with Crippen LogP contribution in [-0.4, -0.2) is 47.8 Å². The Morgan fingerprint density at radius 3 is 3.06 bits per heavy atom. The highest BCUT2D eigenvalue weighted by molar-refractivity contribution is 4.90. The maximum absolute atomic E-state index is 11.9. The zero-order chi connectivity index (χ0) is 12.8. The van der Waals surface area contributed by atoms with Gasteiger partial charge in [-0.2, -0.15) is 5.10 Å². The number of hydrogen-bond acceptors (Lipinski definition) is 5. The molecule has 102 valence electrons. The van der Waals surface area contributed by atoms with Crippen molar-refractivity contribution in [2.45, 2.75) is 26.1 Å². The summed E-state index contributed by atoms with van der Waals surface area (Å²) in [6, 6.07) is 0. The van der Waals surface area contributed by atoms with Crippen LogP contribution < -0.4 is 11.0 Å². The lowest BCUT2D eigenvalue weighted by atomic mass is 10.4. The van der Waals surface area contributed by atoms with E-state index >= 15 is 0 Å². The fourth-order valence-corrected chi connectivity index (χ4v) is 1.94. The average molecular weight is 256 g/mol. The van der Waals surface area contributed by atoms with Crippen molar-refractivity contribution in [1.82, 2.24) is 19.7 Å². The molecule has 0 unspecified atom stereocenters. The second-order valence-corrected chi connectivity index (χ2v) is 4.21. The number of aromatic nitrogens is 3. The van der Waals surface area contributed by atoms with Gasteiger partial charge in [-0.25, -0.2) is 9.48 Å². The van der Waals surface area contributed by atoms with E-state index in [1.165, 1.54) is 4.68 Å². The molecule has 0 bridgehead atoms. The lowest BCUT2D eigenvalue weighted by Crippen LogP contribution is -2.34. The van der Waals surface area contributed by atoms with Crippen LogP contribution in [0.3, 0.4) is 0 Å². The van der Waals surface area contributed by atoms with Gasteiger partial charge in [0.2, 0.25) is 0 Å². The van der Waals surface area contributed by atoms with Gasteiger partial charge in [-0.1, -0.05) is 0 Å². The molecule has 2 heterocycles. The molecule has 0 saturated heterocycles. The molecule has 1 aliphatic heterocycles. The van der Waals surface area contributed by atoms with Gasteiger partial charge in [-0.05, 0) is 6.42 Å². The molecule has 2 rings (SSSR count). The highest BCUT2D eigenvalue weighted by Gasteiger charge is 2.15. The van der Waals surface area contributed by atoms with Gasteiger partial charge in [0.05, 0.1) is 19.7 Å². The van der Waals surface area contributed by atoms with Crippen LogP contribution in [0.1, 0.15) is 12.2 Å². The van der Waals surface area contributed by atoms with Gasteiger partial charge >= 0.3 is 5.69 Å². The standard InChI is InChI=1S/C11H20N4O3/c1-17-6-2-7-18-8-5-15-11(16)14-4-3-12-9-10(14)13-15/h12H,2-9H2,1H3. The predicted molar refractivity (Wildman–Crippen MR) is 65.5 cm³/mol. The molecule has 0 amide bonds. The molecule has 0 spiro atoms. The Kier molecular flexibility index (Phi) is 4.91. The first-order valence-electron chi connectivity index (χ1n) is 6.27. The summed E-state index contributed by atoms with van der Waals surface area (Å²) in [6.07, 6.45) is 0.870. The molecular weight excluding hydrogens is 236 g/mol. The first kappa shape index (κ1) is 13.3. The van der Waals surface area contributed by atoms with Crippen LogP contribution in [0.5, 0.6) is 0 Å². The summed E-state index contributed by atoms with van der Waals surface area (Å²) in [5.41, 5.74) is -0.0352. The number of methoxy groups -OCH3 is 1. The Hall–Kier alpha value is -1.18. The van der Waals surface area contributed by atoms with Gasteiger partial charge in [0.25, 0.3) is 0 Å². The predicted octanol–water partition coefficient (Wildman–Crippen LogP) is -0.799. The summed E-state index contributed by atoms with van der Waals surface area (Å²) >= 11 is 0. The summed E-state index contributed by atoms with van der Waals surface area (Å²) in [4.78, 5) is 11.9. The molecule has 0 aliphatic carbocycles. The maximum atomic E-state index is 11.9. The van der Waals surface area contributed by atoms with E-state index in [1.807, 2.05) is 0 Å². The number of fused-ring (bicyclic) bond motifs is 1. The summed E-state index contributed by atoms with van der Waals surface area (Å²) in [7, 11) is 1.67. The van der Waals surface area contributed by atoms with Crippen molar-refractivity contribution < 1.29 is 9.47 Å². The maximum Gasteiger partial charge on any atom is 0.346 e. The van der Waals surface area contributed by atoms with Crippen LogP contribution >= 0.6 is 0 Å². The number of hydrogen-bond donors (Lipinski definition) is 1. The number of ether oxygens (including phenoxy) is 2. The average Bonchev–Trinajstić information content (AvgIpc) is 2.71. The molecule has 0 atom stereocenters. The minimum atomic E-state index is -0.0352. The third-order valence-corrected chi connectivity index (χ3v) is 2.88. The van der Waals surface area contributed by atoms with Crippen LogP contribution in [-0.2, 0) is 29.1 Å². The third-order valence-electron chi connectivity index (χ3n) is 2.88. The first-order chi connectivity index (χ1) is 8.83. The van der Waals surface area contributed by atoms with Gasteiger partial charge in [0.1, 0.15) is 5.82 Å². The van der Waals surface area contributed by atoms with Crippen LogP contribution in [0.25, 0.3) is 0 Å². The Morgan fingerprint density at radius 2 is 2.28 bits per heavy atom. The highest BCUT2D eigenvalue weighted by atomic mass is 16.5. The Bertz CT molecular complexity index is 426. The van der Waals surface area contributed by atoms with E-state index in [-0.39, 0.29) is 5.69 Å². The molecule has 1 N–H and O–H groups in total. The van der Waals surface area contributed by atoms with Gasteiger partial charge in [0, 0.05) is 33.4 Å². The Labute approximate surface area is 106 Å².